The van der Waals surface area contributed by atoms with Crippen molar-refractivity contribution in [1.29, 1.82) is 0 Å². The van der Waals surface area contributed by atoms with E-state index >= 15 is 0 Å². The molecule has 0 amide bonds. The Balaban J connectivity index is 2.11. The second-order valence-electron chi connectivity index (χ2n) is 4.87. The fourth-order valence-electron chi connectivity index (χ4n) is 1.77. The normalized spacial score (nSPS) is 12.9. The van der Waals surface area contributed by atoms with Crippen LogP contribution in [0.25, 0.3) is 0 Å². The molecule has 0 spiro atoms. The van der Waals surface area contributed by atoms with Crippen LogP contribution in [0, 0.1) is 0 Å². The minimum Gasteiger partial charge on any atom is -0.387 e. The van der Waals surface area contributed by atoms with Gasteiger partial charge in [0.1, 0.15) is 0 Å². The number of hydrogen-bond acceptors (Lipinski definition) is 3. The van der Waals surface area contributed by atoms with Gasteiger partial charge in [-0.25, -0.2) is 0 Å². The van der Waals surface area contributed by atoms with Crippen LogP contribution in [0.15, 0.2) is 24.3 Å². The maximum Gasteiger partial charge on any atom is 0.0928 e. The average molecular weight is 286 g/mol. The van der Waals surface area contributed by atoms with Crippen molar-refractivity contribution >= 4 is 11.6 Å². The van der Waals surface area contributed by atoms with Gasteiger partial charge in [0.05, 0.1) is 12.2 Å². The van der Waals surface area contributed by atoms with E-state index in [2.05, 4.69) is 5.32 Å². The summed E-state index contributed by atoms with van der Waals surface area (Å²) in [6.45, 7) is 6.28. The van der Waals surface area contributed by atoms with Crippen molar-refractivity contribution in [2.24, 2.45) is 0 Å². The third kappa shape index (κ3) is 6.92. The maximum absolute atomic E-state index is 10.0. The molecule has 2 N–H and O–H groups in total. The Hall–Kier alpha value is -0.610. The summed E-state index contributed by atoms with van der Waals surface area (Å²) >= 11 is 6.03. The van der Waals surface area contributed by atoms with E-state index in [9.17, 15) is 5.11 Å². The predicted octanol–water partition coefficient (Wildman–Crippen LogP) is 3.17. The van der Waals surface area contributed by atoms with Crippen LogP contribution in [-0.2, 0) is 4.74 Å². The Morgan fingerprint density at radius 3 is 2.68 bits per heavy atom. The van der Waals surface area contributed by atoms with Crippen LogP contribution < -0.4 is 5.32 Å². The highest BCUT2D eigenvalue weighted by Gasteiger charge is 2.09. The Morgan fingerprint density at radius 1 is 1.26 bits per heavy atom. The van der Waals surface area contributed by atoms with Crippen LogP contribution in [0.3, 0.4) is 0 Å². The number of aliphatic hydroxyl groups excluding tert-OH is 1. The van der Waals surface area contributed by atoms with Crippen molar-refractivity contribution in [2.45, 2.75) is 38.9 Å². The van der Waals surface area contributed by atoms with Crippen LogP contribution in [0.4, 0.5) is 0 Å². The van der Waals surface area contributed by atoms with E-state index in [1.807, 2.05) is 32.0 Å². The summed E-state index contributed by atoms with van der Waals surface area (Å²) in [5.41, 5.74) is 0.778. The summed E-state index contributed by atoms with van der Waals surface area (Å²) in [4.78, 5) is 0. The Morgan fingerprint density at radius 2 is 2.00 bits per heavy atom. The van der Waals surface area contributed by atoms with Gasteiger partial charge in [-0.3, -0.25) is 0 Å². The molecule has 1 rings (SSSR count). The van der Waals surface area contributed by atoms with Crippen LogP contribution in [0.1, 0.15) is 38.4 Å². The van der Waals surface area contributed by atoms with Gasteiger partial charge in [-0.2, -0.15) is 0 Å². The highest BCUT2D eigenvalue weighted by atomic mass is 35.5. The first kappa shape index (κ1) is 16.4. The SMILES string of the molecule is CC(C)OCCCCNCC(O)c1ccccc1Cl. The molecule has 0 aliphatic carbocycles. The minimum absolute atomic E-state index is 0.301. The molecule has 3 nitrogen and oxygen atoms in total. The topological polar surface area (TPSA) is 41.5 Å². The molecule has 0 aromatic heterocycles. The van der Waals surface area contributed by atoms with Crippen molar-refractivity contribution in [3.05, 3.63) is 34.9 Å². The lowest BCUT2D eigenvalue weighted by Gasteiger charge is -2.13. The summed E-state index contributed by atoms with van der Waals surface area (Å²) in [6.07, 6.45) is 1.82. The van der Waals surface area contributed by atoms with Gasteiger partial charge in [0, 0.05) is 23.7 Å². The molecule has 19 heavy (non-hydrogen) atoms. The molecular weight excluding hydrogens is 262 g/mol. The van der Waals surface area contributed by atoms with Gasteiger partial charge in [-0.15, -0.1) is 0 Å². The van der Waals surface area contributed by atoms with Crippen molar-refractivity contribution in [3.8, 4) is 0 Å². The number of rotatable bonds is 9. The van der Waals surface area contributed by atoms with E-state index in [0.29, 0.717) is 17.7 Å². The number of ether oxygens (including phenoxy) is 1. The number of hydrogen-bond donors (Lipinski definition) is 2. The second-order valence-corrected chi connectivity index (χ2v) is 5.28. The molecular formula is C15H24ClNO2. The Kier molecular flexibility index (Phi) is 8.07. The van der Waals surface area contributed by atoms with Gasteiger partial charge in [0.25, 0.3) is 0 Å². The van der Waals surface area contributed by atoms with Gasteiger partial charge >= 0.3 is 0 Å². The first-order valence-electron chi connectivity index (χ1n) is 6.86. The van der Waals surface area contributed by atoms with Crippen molar-refractivity contribution in [3.63, 3.8) is 0 Å². The quantitative estimate of drug-likeness (QED) is 0.685. The Labute approximate surface area is 120 Å². The monoisotopic (exact) mass is 285 g/mol. The van der Waals surface area contributed by atoms with Gasteiger partial charge in [-0.05, 0) is 39.3 Å². The maximum atomic E-state index is 10.0. The first-order chi connectivity index (χ1) is 9.11. The fourth-order valence-corrected chi connectivity index (χ4v) is 2.03. The molecule has 108 valence electrons. The third-order valence-electron chi connectivity index (χ3n) is 2.80. The zero-order valence-electron chi connectivity index (χ0n) is 11.7. The second kappa shape index (κ2) is 9.32. The summed E-state index contributed by atoms with van der Waals surface area (Å²) in [6, 6.07) is 7.39. The number of nitrogens with one attached hydrogen (secondary N) is 1. The zero-order chi connectivity index (χ0) is 14.1. The zero-order valence-corrected chi connectivity index (χ0v) is 12.5. The lowest BCUT2D eigenvalue weighted by molar-refractivity contribution is 0.0759. The van der Waals surface area contributed by atoms with Crippen molar-refractivity contribution < 1.29 is 9.84 Å². The van der Waals surface area contributed by atoms with Gasteiger partial charge < -0.3 is 15.2 Å². The summed E-state index contributed by atoms with van der Waals surface area (Å²) in [7, 11) is 0. The Bertz CT molecular complexity index is 358. The number of halogens is 1. The number of unbranched alkanes of at least 4 members (excludes halogenated alkanes) is 1. The molecule has 0 heterocycles. The van der Waals surface area contributed by atoms with Crippen LogP contribution in [0.2, 0.25) is 5.02 Å². The molecule has 0 saturated carbocycles. The molecule has 0 radical (unpaired) electrons. The third-order valence-corrected chi connectivity index (χ3v) is 3.15. The number of benzene rings is 1. The van der Waals surface area contributed by atoms with E-state index in [-0.39, 0.29) is 0 Å². The minimum atomic E-state index is -0.555. The molecule has 0 aliphatic rings. The summed E-state index contributed by atoms with van der Waals surface area (Å²) in [5, 5.41) is 13.9. The van der Waals surface area contributed by atoms with E-state index in [0.717, 1.165) is 31.6 Å². The van der Waals surface area contributed by atoms with Crippen molar-refractivity contribution in [1.82, 2.24) is 5.32 Å². The largest absolute Gasteiger partial charge is 0.387 e. The van der Waals surface area contributed by atoms with Gasteiger partial charge in [0.2, 0.25) is 0 Å². The highest BCUT2D eigenvalue weighted by Crippen LogP contribution is 2.21. The fraction of sp³-hybridized carbons (Fsp3) is 0.600. The molecule has 0 saturated heterocycles. The molecule has 4 heteroatoms. The average Bonchev–Trinajstić information content (AvgIpc) is 2.37. The highest BCUT2D eigenvalue weighted by molar-refractivity contribution is 6.31. The van der Waals surface area contributed by atoms with E-state index in [1.165, 1.54) is 0 Å². The number of aliphatic hydroxyl groups is 1. The van der Waals surface area contributed by atoms with Gasteiger partial charge in [0.15, 0.2) is 0 Å². The molecule has 1 atom stereocenters. The van der Waals surface area contributed by atoms with Crippen LogP contribution >= 0.6 is 11.6 Å². The summed E-state index contributed by atoms with van der Waals surface area (Å²) in [5.74, 6) is 0. The molecule has 1 unspecified atom stereocenters. The molecule has 1 aromatic carbocycles. The molecule has 0 bridgehead atoms. The van der Waals surface area contributed by atoms with Crippen molar-refractivity contribution in [2.75, 3.05) is 19.7 Å². The summed E-state index contributed by atoms with van der Waals surface area (Å²) < 4.78 is 5.46. The lowest BCUT2D eigenvalue weighted by Crippen LogP contribution is -2.23. The van der Waals surface area contributed by atoms with Crippen LogP contribution in [-0.4, -0.2) is 30.9 Å². The van der Waals surface area contributed by atoms with E-state index in [1.54, 1.807) is 6.07 Å². The smallest absolute Gasteiger partial charge is 0.0928 e. The molecule has 1 aromatic rings. The predicted molar refractivity (Wildman–Crippen MR) is 79.6 cm³/mol. The molecule has 0 aliphatic heterocycles. The first-order valence-corrected chi connectivity index (χ1v) is 7.24. The standard InChI is InChI=1S/C15H24ClNO2/c1-12(2)19-10-6-5-9-17-11-15(18)13-7-3-4-8-14(13)16/h3-4,7-8,12,15,17-18H,5-6,9-11H2,1-2H3. The van der Waals surface area contributed by atoms with Gasteiger partial charge in [-0.1, -0.05) is 29.8 Å². The molecule has 0 fully saturated rings. The van der Waals surface area contributed by atoms with E-state index < -0.39 is 6.10 Å². The lowest BCUT2D eigenvalue weighted by atomic mass is 10.1. The van der Waals surface area contributed by atoms with E-state index in [4.69, 9.17) is 16.3 Å². The van der Waals surface area contributed by atoms with Crippen LogP contribution in [0.5, 0.6) is 0 Å².